The summed E-state index contributed by atoms with van der Waals surface area (Å²) in [6.45, 7) is 2.93. The van der Waals surface area contributed by atoms with Crippen LogP contribution < -0.4 is 10.1 Å². The van der Waals surface area contributed by atoms with Crippen LogP contribution in [-0.4, -0.2) is 22.6 Å². The third-order valence-corrected chi connectivity index (χ3v) is 4.62. The SMILES string of the molecule is CCCCOc1cc(NC2CCCCCC2)nc(C2CC2)n1. The molecule has 0 aromatic carbocycles. The van der Waals surface area contributed by atoms with Gasteiger partial charge in [0.05, 0.1) is 6.61 Å². The second kappa shape index (κ2) is 7.80. The molecule has 0 saturated heterocycles. The van der Waals surface area contributed by atoms with Gasteiger partial charge in [0.25, 0.3) is 0 Å². The molecule has 0 radical (unpaired) electrons. The monoisotopic (exact) mass is 303 g/mol. The number of hydrogen-bond acceptors (Lipinski definition) is 4. The third kappa shape index (κ3) is 4.59. The van der Waals surface area contributed by atoms with Gasteiger partial charge in [-0.15, -0.1) is 0 Å². The van der Waals surface area contributed by atoms with Gasteiger partial charge in [0, 0.05) is 18.0 Å². The number of nitrogens with one attached hydrogen (secondary N) is 1. The van der Waals surface area contributed by atoms with Gasteiger partial charge in [0.15, 0.2) is 0 Å². The Labute approximate surface area is 134 Å². The van der Waals surface area contributed by atoms with Crippen LogP contribution in [0.5, 0.6) is 5.88 Å². The highest BCUT2D eigenvalue weighted by Gasteiger charge is 2.28. The Hall–Kier alpha value is -1.32. The van der Waals surface area contributed by atoms with Crippen LogP contribution in [-0.2, 0) is 0 Å². The molecule has 0 bridgehead atoms. The van der Waals surface area contributed by atoms with Crippen molar-refractivity contribution in [1.29, 1.82) is 0 Å². The van der Waals surface area contributed by atoms with Gasteiger partial charge in [-0.05, 0) is 32.1 Å². The fourth-order valence-electron chi connectivity index (χ4n) is 3.07. The van der Waals surface area contributed by atoms with Crippen LogP contribution in [0.1, 0.15) is 82.9 Å². The number of unbranched alkanes of at least 4 members (excludes halogenated alkanes) is 1. The first kappa shape index (κ1) is 15.6. The van der Waals surface area contributed by atoms with Gasteiger partial charge in [0.1, 0.15) is 11.6 Å². The fourth-order valence-corrected chi connectivity index (χ4v) is 3.07. The molecule has 0 amide bonds. The summed E-state index contributed by atoms with van der Waals surface area (Å²) in [5.41, 5.74) is 0. The van der Waals surface area contributed by atoms with E-state index in [0.29, 0.717) is 12.0 Å². The molecule has 1 aromatic heterocycles. The topological polar surface area (TPSA) is 47.0 Å². The molecule has 2 fully saturated rings. The predicted octanol–water partition coefficient (Wildman–Crippen LogP) is 4.67. The Balaban J connectivity index is 1.67. The fraction of sp³-hybridized carbons (Fsp3) is 0.778. The molecule has 3 rings (SSSR count). The summed E-state index contributed by atoms with van der Waals surface area (Å²) < 4.78 is 5.83. The highest BCUT2D eigenvalue weighted by molar-refractivity contribution is 5.40. The van der Waals surface area contributed by atoms with E-state index in [2.05, 4.69) is 17.2 Å². The van der Waals surface area contributed by atoms with Crippen LogP contribution in [0.3, 0.4) is 0 Å². The minimum absolute atomic E-state index is 0.560. The minimum Gasteiger partial charge on any atom is -0.478 e. The largest absolute Gasteiger partial charge is 0.478 e. The zero-order chi connectivity index (χ0) is 15.2. The van der Waals surface area contributed by atoms with Crippen molar-refractivity contribution >= 4 is 5.82 Å². The van der Waals surface area contributed by atoms with Crippen LogP contribution in [0.2, 0.25) is 0 Å². The number of ether oxygens (including phenoxy) is 1. The van der Waals surface area contributed by atoms with Crippen LogP contribution in [0.4, 0.5) is 5.82 Å². The Morgan fingerprint density at radius 2 is 1.86 bits per heavy atom. The first-order valence-corrected chi connectivity index (χ1v) is 9.13. The smallest absolute Gasteiger partial charge is 0.218 e. The predicted molar refractivity (Wildman–Crippen MR) is 89.5 cm³/mol. The van der Waals surface area contributed by atoms with E-state index in [1.165, 1.54) is 51.4 Å². The van der Waals surface area contributed by atoms with E-state index in [4.69, 9.17) is 9.72 Å². The molecule has 2 aliphatic carbocycles. The van der Waals surface area contributed by atoms with E-state index >= 15 is 0 Å². The van der Waals surface area contributed by atoms with E-state index < -0.39 is 0 Å². The van der Waals surface area contributed by atoms with Crippen molar-refractivity contribution in [2.24, 2.45) is 0 Å². The summed E-state index contributed by atoms with van der Waals surface area (Å²) in [5, 5.41) is 3.64. The van der Waals surface area contributed by atoms with Crippen molar-refractivity contribution in [3.05, 3.63) is 11.9 Å². The van der Waals surface area contributed by atoms with E-state index in [-0.39, 0.29) is 0 Å². The molecule has 122 valence electrons. The van der Waals surface area contributed by atoms with Gasteiger partial charge in [-0.3, -0.25) is 0 Å². The van der Waals surface area contributed by atoms with Gasteiger partial charge >= 0.3 is 0 Å². The van der Waals surface area contributed by atoms with Crippen molar-refractivity contribution in [2.45, 2.75) is 83.1 Å². The Kier molecular flexibility index (Phi) is 5.52. The molecule has 4 heteroatoms. The van der Waals surface area contributed by atoms with E-state index in [9.17, 15) is 0 Å². The molecule has 1 aromatic rings. The lowest BCUT2D eigenvalue weighted by Gasteiger charge is -2.18. The van der Waals surface area contributed by atoms with Crippen LogP contribution in [0.15, 0.2) is 6.07 Å². The maximum Gasteiger partial charge on any atom is 0.218 e. The van der Waals surface area contributed by atoms with Gasteiger partial charge in [-0.1, -0.05) is 39.0 Å². The molecule has 1 N–H and O–H groups in total. The van der Waals surface area contributed by atoms with Crippen LogP contribution in [0, 0.1) is 0 Å². The molecule has 2 aliphatic rings. The van der Waals surface area contributed by atoms with Gasteiger partial charge in [0.2, 0.25) is 5.88 Å². The first-order valence-electron chi connectivity index (χ1n) is 9.13. The zero-order valence-corrected chi connectivity index (χ0v) is 13.8. The molecule has 0 atom stereocenters. The molecule has 4 nitrogen and oxygen atoms in total. The van der Waals surface area contributed by atoms with Crippen LogP contribution in [0.25, 0.3) is 0 Å². The lowest BCUT2D eigenvalue weighted by Crippen LogP contribution is -2.19. The van der Waals surface area contributed by atoms with Crippen molar-refractivity contribution in [3.8, 4) is 5.88 Å². The summed E-state index contributed by atoms with van der Waals surface area (Å²) >= 11 is 0. The maximum atomic E-state index is 5.83. The molecule has 1 heterocycles. The first-order chi connectivity index (χ1) is 10.8. The summed E-state index contributed by atoms with van der Waals surface area (Å²) in [6, 6.07) is 2.56. The Bertz CT molecular complexity index is 465. The summed E-state index contributed by atoms with van der Waals surface area (Å²) in [5.74, 6) is 3.26. The van der Waals surface area contributed by atoms with E-state index in [1.807, 2.05) is 6.07 Å². The normalized spacial score (nSPS) is 19.7. The molecule has 2 saturated carbocycles. The van der Waals surface area contributed by atoms with Crippen molar-refractivity contribution in [1.82, 2.24) is 9.97 Å². The minimum atomic E-state index is 0.560. The average molecular weight is 303 g/mol. The molecular formula is C18H29N3O. The Morgan fingerprint density at radius 3 is 2.55 bits per heavy atom. The number of hydrogen-bond donors (Lipinski definition) is 1. The maximum absolute atomic E-state index is 5.83. The van der Waals surface area contributed by atoms with E-state index in [0.717, 1.165) is 37.0 Å². The van der Waals surface area contributed by atoms with Gasteiger partial charge < -0.3 is 10.1 Å². The molecular weight excluding hydrogens is 274 g/mol. The second-order valence-electron chi connectivity index (χ2n) is 6.76. The van der Waals surface area contributed by atoms with Crippen molar-refractivity contribution in [3.63, 3.8) is 0 Å². The van der Waals surface area contributed by atoms with Gasteiger partial charge in [-0.25, -0.2) is 4.98 Å². The highest BCUT2D eigenvalue weighted by atomic mass is 16.5. The molecule has 22 heavy (non-hydrogen) atoms. The lowest BCUT2D eigenvalue weighted by molar-refractivity contribution is 0.296. The standard InChI is InChI=1S/C18H29N3O/c1-2-3-12-22-17-13-16(20-18(21-17)14-10-11-14)19-15-8-6-4-5-7-9-15/h13-15H,2-12H2,1H3,(H,19,20,21). The van der Waals surface area contributed by atoms with Gasteiger partial charge in [-0.2, -0.15) is 4.98 Å². The highest BCUT2D eigenvalue weighted by Crippen LogP contribution is 2.39. The quantitative estimate of drug-likeness (QED) is 0.587. The number of nitrogens with zero attached hydrogens (tertiary/aromatic N) is 2. The number of aromatic nitrogens is 2. The average Bonchev–Trinajstić information content (AvgIpc) is 3.35. The molecule has 0 spiro atoms. The second-order valence-corrected chi connectivity index (χ2v) is 6.76. The summed E-state index contributed by atoms with van der Waals surface area (Å²) in [7, 11) is 0. The molecule has 0 aliphatic heterocycles. The van der Waals surface area contributed by atoms with E-state index in [1.54, 1.807) is 0 Å². The summed E-state index contributed by atoms with van der Waals surface area (Å²) in [6.07, 6.45) is 12.6. The third-order valence-electron chi connectivity index (χ3n) is 4.62. The molecule has 0 unspecified atom stereocenters. The number of anilines is 1. The summed E-state index contributed by atoms with van der Waals surface area (Å²) in [4.78, 5) is 9.35. The van der Waals surface area contributed by atoms with Crippen LogP contribution >= 0.6 is 0 Å². The van der Waals surface area contributed by atoms with Crippen molar-refractivity contribution in [2.75, 3.05) is 11.9 Å². The zero-order valence-electron chi connectivity index (χ0n) is 13.8. The Morgan fingerprint density at radius 1 is 1.09 bits per heavy atom. The van der Waals surface area contributed by atoms with Crippen molar-refractivity contribution < 1.29 is 4.74 Å². The number of rotatable bonds is 7. The lowest BCUT2D eigenvalue weighted by atomic mass is 10.1.